The molecule has 1 aromatic heterocycles. The average Bonchev–Trinajstić information content (AvgIpc) is 3.79. The number of nitrogens with one attached hydrogen (secondary N) is 2. The highest BCUT2D eigenvalue weighted by molar-refractivity contribution is 5.96. The first-order valence-corrected chi connectivity index (χ1v) is 17.7. The molecule has 5 rings (SSSR count). The Morgan fingerprint density at radius 1 is 0.882 bits per heavy atom. The second-order valence-corrected chi connectivity index (χ2v) is 12.7. The van der Waals surface area contributed by atoms with E-state index in [9.17, 15) is 28.8 Å². The number of hydrogen-bond acceptors (Lipinski definition) is 10. The number of aromatic nitrogens is 2. The quantitative estimate of drug-likeness (QED) is 0.274. The Labute approximate surface area is 296 Å². The van der Waals surface area contributed by atoms with E-state index in [1.165, 1.54) is 25.4 Å². The fraction of sp³-hybridized carbons (Fsp3) is 0.571. The van der Waals surface area contributed by atoms with Gasteiger partial charge in [0.25, 0.3) is 11.8 Å². The zero-order valence-corrected chi connectivity index (χ0v) is 29.2. The summed E-state index contributed by atoms with van der Waals surface area (Å²) in [5, 5.41) is 10.2. The van der Waals surface area contributed by atoms with Gasteiger partial charge in [-0.15, -0.1) is 0 Å². The number of nitrogens with zero attached hydrogens (tertiary/aromatic N) is 5. The van der Waals surface area contributed by atoms with Crippen LogP contribution in [-0.2, 0) is 28.7 Å². The van der Waals surface area contributed by atoms with E-state index in [4.69, 9.17) is 14.2 Å². The number of esters is 1. The van der Waals surface area contributed by atoms with Crippen LogP contribution in [0.1, 0.15) is 69.3 Å². The van der Waals surface area contributed by atoms with Gasteiger partial charge in [0.1, 0.15) is 12.1 Å². The molecule has 2 aromatic rings. The van der Waals surface area contributed by atoms with E-state index in [0.717, 1.165) is 19.3 Å². The summed E-state index contributed by atoms with van der Waals surface area (Å²) < 4.78 is 17.5. The summed E-state index contributed by atoms with van der Waals surface area (Å²) in [7, 11) is 0. The van der Waals surface area contributed by atoms with Gasteiger partial charge in [-0.1, -0.05) is 18.2 Å². The van der Waals surface area contributed by atoms with Crippen molar-refractivity contribution in [2.45, 2.75) is 76.9 Å². The third kappa shape index (κ3) is 9.55. The van der Waals surface area contributed by atoms with E-state index >= 15 is 0 Å². The highest BCUT2D eigenvalue weighted by Gasteiger charge is 2.36. The molecule has 276 valence electrons. The zero-order valence-electron chi connectivity index (χ0n) is 29.2. The van der Waals surface area contributed by atoms with Crippen molar-refractivity contribution in [1.82, 2.24) is 35.1 Å². The minimum atomic E-state index is -1.10. The Bertz CT molecular complexity index is 1550. The topological polar surface area (TPSA) is 182 Å². The lowest BCUT2D eigenvalue weighted by molar-refractivity contribution is -0.143. The van der Waals surface area contributed by atoms with Crippen LogP contribution in [0.5, 0.6) is 5.88 Å². The number of likely N-dealkylation sites (tertiary alicyclic amines) is 1. The summed E-state index contributed by atoms with van der Waals surface area (Å²) in [5.74, 6) is -2.01. The van der Waals surface area contributed by atoms with Crippen molar-refractivity contribution < 1.29 is 43.0 Å². The third-order valence-electron chi connectivity index (χ3n) is 9.24. The predicted molar refractivity (Wildman–Crippen MR) is 182 cm³/mol. The van der Waals surface area contributed by atoms with Crippen LogP contribution in [0.15, 0.2) is 36.4 Å². The summed E-state index contributed by atoms with van der Waals surface area (Å²) in [6, 6.07) is 8.79. The van der Waals surface area contributed by atoms with Crippen molar-refractivity contribution in [1.29, 1.82) is 0 Å². The van der Waals surface area contributed by atoms with Crippen molar-refractivity contribution >= 4 is 35.7 Å². The van der Waals surface area contributed by atoms with Gasteiger partial charge in [0.05, 0.1) is 18.9 Å². The summed E-state index contributed by atoms with van der Waals surface area (Å²) in [6.45, 7) is 4.82. The maximum Gasteiger partial charge on any atom is 0.409 e. The summed E-state index contributed by atoms with van der Waals surface area (Å²) in [5.41, 5.74) is 0.480. The SMILES string of the molecule is CCOC(=O)CCC(NC(=O)c1cc(OCC(=O)N2CCCC2C(=O)NC2CCC2)n(-c2ccccc2)n1)C(=O)N1CCN(C(=O)OCC)CC1. The van der Waals surface area contributed by atoms with Crippen LogP contribution in [0.3, 0.4) is 0 Å². The highest BCUT2D eigenvalue weighted by Crippen LogP contribution is 2.24. The first-order chi connectivity index (χ1) is 24.7. The van der Waals surface area contributed by atoms with Gasteiger partial charge < -0.3 is 39.5 Å². The fourth-order valence-corrected chi connectivity index (χ4v) is 6.27. The molecule has 16 nitrogen and oxygen atoms in total. The minimum Gasteiger partial charge on any atom is -0.467 e. The number of ether oxygens (including phenoxy) is 3. The molecule has 2 aliphatic heterocycles. The third-order valence-corrected chi connectivity index (χ3v) is 9.24. The molecule has 16 heteroatoms. The van der Waals surface area contributed by atoms with E-state index in [-0.39, 0.29) is 88.3 Å². The van der Waals surface area contributed by atoms with Gasteiger partial charge in [-0.25, -0.2) is 9.48 Å². The number of carbonyl (C=O) groups excluding carboxylic acids is 6. The van der Waals surface area contributed by atoms with Crippen LogP contribution in [0, 0.1) is 0 Å². The van der Waals surface area contributed by atoms with Gasteiger partial charge in [0.2, 0.25) is 17.7 Å². The Hall–Kier alpha value is -5.15. The van der Waals surface area contributed by atoms with Crippen LogP contribution in [0.25, 0.3) is 5.69 Å². The Morgan fingerprint density at radius 2 is 1.59 bits per heavy atom. The van der Waals surface area contributed by atoms with E-state index in [1.54, 1.807) is 38.1 Å². The van der Waals surface area contributed by atoms with Crippen LogP contribution < -0.4 is 15.4 Å². The monoisotopic (exact) mass is 709 g/mol. The molecule has 1 aliphatic carbocycles. The maximum absolute atomic E-state index is 13.7. The lowest BCUT2D eigenvalue weighted by atomic mass is 9.93. The molecule has 0 bridgehead atoms. The molecule has 2 atom stereocenters. The number of hydrogen-bond donors (Lipinski definition) is 2. The lowest BCUT2D eigenvalue weighted by Crippen LogP contribution is -2.56. The molecular formula is C35H47N7O9. The molecule has 1 aromatic carbocycles. The number of carbonyl (C=O) groups is 6. The summed E-state index contributed by atoms with van der Waals surface area (Å²) in [4.78, 5) is 82.6. The van der Waals surface area contributed by atoms with Gasteiger partial charge in [-0.05, 0) is 64.5 Å². The molecule has 3 fully saturated rings. The van der Waals surface area contributed by atoms with Gasteiger partial charge in [-0.3, -0.25) is 24.0 Å². The maximum atomic E-state index is 13.7. The van der Waals surface area contributed by atoms with Gasteiger partial charge >= 0.3 is 12.1 Å². The van der Waals surface area contributed by atoms with Crippen molar-refractivity contribution in [2.75, 3.05) is 52.5 Å². The largest absolute Gasteiger partial charge is 0.467 e. The Balaban J connectivity index is 1.28. The molecule has 2 saturated heterocycles. The molecule has 1 saturated carbocycles. The molecule has 51 heavy (non-hydrogen) atoms. The van der Waals surface area contributed by atoms with Crippen LogP contribution in [0.4, 0.5) is 4.79 Å². The molecule has 0 radical (unpaired) electrons. The zero-order chi connectivity index (χ0) is 36.3. The van der Waals surface area contributed by atoms with Crippen molar-refractivity contribution in [2.24, 2.45) is 0 Å². The van der Waals surface area contributed by atoms with Gasteiger partial charge in [0.15, 0.2) is 12.3 Å². The van der Waals surface area contributed by atoms with E-state index in [2.05, 4.69) is 15.7 Å². The molecule has 2 unspecified atom stereocenters. The molecule has 5 amide bonds. The van der Waals surface area contributed by atoms with Crippen LogP contribution >= 0.6 is 0 Å². The average molecular weight is 710 g/mol. The normalized spacial score (nSPS) is 18.0. The summed E-state index contributed by atoms with van der Waals surface area (Å²) >= 11 is 0. The number of amides is 5. The number of rotatable bonds is 14. The van der Waals surface area contributed by atoms with Crippen LogP contribution in [-0.4, -0.2) is 131 Å². The van der Waals surface area contributed by atoms with Crippen molar-refractivity contribution in [3.05, 3.63) is 42.1 Å². The van der Waals surface area contributed by atoms with E-state index in [1.807, 2.05) is 6.07 Å². The molecular weight excluding hydrogens is 662 g/mol. The summed E-state index contributed by atoms with van der Waals surface area (Å²) in [6.07, 6.45) is 3.67. The van der Waals surface area contributed by atoms with E-state index in [0.29, 0.717) is 25.1 Å². The molecule has 0 spiro atoms. The van der Waals surface area contributed by atoms with Crippen molar-refractivity contribution in [3.63, 3.8) is 0 Å². The smallest absolute Gasteiger partial charge is 0.409 e. The molecule has 2 N–H and O–H groups in total. The lowest BCUT2D eigenvalue weighted by Gasteiger charge is -2.35. The minimum absolute atomic E-state index is 0.0237. The number of piperazine rings is 1. The second-order valence-electron chi connectivity index (χ2n) is 12.7. The number of benzene rings is 1. The first kappa shape index (κ1) is 37.1. The Kier molecular flexibility index (Phi) is 12.9. The van der Waals surface area contributed by atoms with Gasteiger partial charge in [0, 0.05) is 51.3 Å². The first-order valence-electron chi connectivity index (χ1n) is 17.7. The van der Waals surface area contributed by atoms with Crippen molar-refractivity contribution in [3.8, 4) is 11.6 Å². The fourth-order valence-electron chi connectivity index (χ4n) is 6.27. The number of para-hydroxylation sites is 1. The van der Waals surface area contributed by atoms with Gasteiger partial charge in [-0.2, -0.15) is 5.10 Å². The molecule has 3 aliphatic rings. The molecule has 3 heterocycles. The van der Waals surface area contributed by atoms with E-state index < -0.39 is 36.0 Å². The predicted octanol–water partition coefficient (Wildman–Crippen LogP) is 1.65. The van der Waals surface area contributed by atoms with Crippen LogP contribution in [0.2, 0.25) is 0 Å². The standard InChI is InChI=1S/C35H47N7O9/c1-3-49-31(44)16-15-26(34(47)39-18-20-40(21-19-39)35(48)50-4-2)37-32(45)27-22-30(42(38-27)25-12-6-5-7-13-25)51-23-29(43)41-17-9-14-28(41)33(46)36-24-10-8-11-24/h5-7,12-13,22,24,26,28H,3-4,8-11,14-21,23H2,1-2H3,(H,36,46)(H,37,45). The second kappa shape index (κ2) is 17.7. The Morgan fingerprint density at radius 3 is 2.25 bits per heavy atom. The highest BCUT2D eigenvalue weighted by atomic mass is 16.6.